The number of carbonyl (C=O) groups excluding carboxylic acids is 1. The summed E-state index contributed by atoms with van der Waals surface area (Å²) in [6, 6.07) is 0. The molecule has 0 saturated carbocycles. The number of ether oxygens (including phenoxy) is 1. The fraction of sp³-hybridized carbons (Fsp3) is 0.500. The Labute approximate surface area is 118 Å². The van der Waals surface area contributed by atoms with E-state index in [0.717, 1.165) is 0 Å². The summed E-state index contributed by atoms with van der Waals surface area (Å²) in [5.74, 6) is -0.543. The molecule has 7 nitrogen and oxygen atoms in total. The van der Waals surface area contributed by atoms with Crippen molar-refractivity contribution in [2.75, 3.05) is 38.2 Å². The van der Waals surface area contributed by atoms with Gasteiger partial charge in [0.25, 0.3) is 0 Å². The van der Waals surface area contributed by atoms with E-state index in [1.54, 1.807) is 0 Å². The Hall–Kier alpha value is -1.54. The zero-order valence-electron chi connectivity index (χ0n) is 10.1. The molecule has 0 atom stereocenters. The van der Waals surface area contributed by atoms with Gasteiger partial charge in [-0.3, -0.25) is 0 Å². The van der Waals surface area contributed by atoms with Crippen LogP contribution in [0.1, 0.15) is 10.5 Å². The maximum absolute atomic E-state index is 11.6. The third-order valence-corrected chi connectivity index (χ3v) is 4.02. The molecule has 0 spiro atoms. The monoisotopic (exact) mass is 305 g/mol. The summed E-state index contributed by atoms with van der Waals surface area (Å²) in [4.78, 5) is 29.6. The standard InChI is InChI=1S/C10H12ClN3O4S/c1-18-8(15)6-7(19-9(11)12-6)13-2-4-14(5-3-13)10(16)17/h2-5H2,1H3,(H,16,17). The van der Waals surface area contributed by atoms with Crippen molar-refractivity contribution >= 4 is 40.0 Å². The first-order valence-corrected chi connectivity index (χ1v) is 6.70. The molecule has 2 rings (SSSR count). The Kier molecular flexibility index (Phi) is 4.11. The molecule has 0 bridgehead atoms. The lowest BCUT2D eigenvalue weighted by Gasteiger charge is -2.33. The number of amides is 1. The van der Waals surface area contributed by atoms with Crippen molar-refractivity contribution in [2.45, 2.75) is 0 Å². The van der Waals surface area contributed by atoms with Gasteiger partial charge in [0.05, 0.1) is 7.11 Å². The maximum atomic E-state index is 11.6. The highest BCUT2D eigenvalue weighted by Gasteiger charge is 2.27. The molecule has 1 fully saturated rings. The van der Waals surface area contributed by atoms with Gasteiger partial charge in [0.15, 0.2) is 10.2 Å². The highest BCUT2D eigenvalue weighted by atomic mass is 35.5. The van der Waals surface area contributed by atoms with E-state index in [4.69, 9.17) is 16.7 Å². The van der Waals surface area contributed by atoms with E-state index in [-0.39, 0.29) is 10.2 Å². The topological polar surface area (TPSA) is 83.0 Å². The third kappa shape index (κ3) is 2.90. The van der Waals surface area contributed by atoms with Crippen molar-refractivity contribution in [3.63, 3.8) is 0 Å². The van der Waals surface area contributed by atoms with Crippen LogP contribution in [0.2, 0.25) is 4.47 Å². The average molecular weight is 306 g/mol. The predicted molar refractivity (Wildman–Crippen MR) is 70.3 cm³/mol. The van der Waals surface area contributed by atoms with E-state index in [1.165, 1.54) is 23.3 Å². The van der Waals surface area contributed by atoms with Crippen molar-refractivity contribution in [3.8, 4) is 0 Å². The lowest BCUT2D eigenvalue weighted by molar-refractivity contribution is 0.0595. The van der Waals surface area contributed by atoms with Gasteiger partial charge in [0.2, 0.25) is 0 Å². The molecule has 1 aliphatic rings. The summed E-state index contributed by atoms with van der Waals surface area (Å²) in [6.07, 6.45) is -0.935. The fourth-order valence-electron chi connectivity index (χ4n) is 1.83. The number of nitrogens with zero attached hydrogens (tertiary/aromatic N) is 3. The van der Waals surface area contributed by atoms with Crippen LogP contribution >= 0.6 is 22.9 Å². The van der Waals surface area contributed by atoms with E-state index in [9.17, 15) is 9.59 Å². The third-order valence-electron chi connectivity index (χ3n) is 2.80. The van der Waals surface area contributed by atoms with E-state index in [2.05, 4.69) is 9.72 Å². The van der Waals surface area contributed by atoms with Gasteiger partial charge in [-0.25, -0.2) is 14.6 Å². The number of thiazole rings is 1. The second-order valence-corrected chi connectivity index (χ2v) is 5.43. The lowest BCUT2D eigenvalue weighted by Crippen LogP contribution is -2.48. The van der Waals surface area contributed by atoms with Gasteiger partial charge in [0.1, 0.15) is 5.00 Å². The van der Waals surface area contributed by atoms with Crippen LogP contribution < -0.4 is 4.90 Å². The molecule has 1 aliphatic heterocycles. The van der Waals surface area contributed by atoms with Crippen molar-refractivity contribution in [2.24, 2.45) is 0 Å². The second kappa shape index (κ2) is 5.62. The van der Waals surface area contributed by atoms with E-state index in [1.807, 2.05) is 4.90 Å². The number of rotatable bonds is 2. The molecule has 0 unspecified atom stereocenters. The van der Waals surface area contributed by atoms with Crippen LogP contribution in [0.4, 0.5) is 9.80 Å². The smallest absolute Gasteiger partial charge is 0.407 e. The van der Waals surface area contributed by atoms with Crippen molar-refractivity contribution in [1.29, 1.82) is 0 Å². The zero-order chi connectivity index (χ0) is 14.0. The first kappa shape index (κ1) is 13.9. The van der Waals surface area contributed by atoms with Gasteiger partial charge in [-0.1, -0.05) is 22.9 Å². The van der Waals surface area contributed by atoms with E-state index in [0.29, 0.717) is 31.2 Å². The summed E-state index contributed by atoms with van der Waals surface area (Å²) in [5.41, 5.74) is 0.182. The van der Waals surface area contributed by atoms with Gasteiger partial charge in [-0.2, -0.15) is 0 Å². The number of piperazine rings is 1. The van der Waals surface area contributed by atoms with E-state index < -0.39 is 12.1 Å². The molecule has 1 aromatic rings. The summed E-state index contributed by atoms with van der Waals surface area (Å²) < 4.78 is 4.92. The number of methoxy groups -OCH3 is 1. The fourth-order valence-corrected chi connectivity index (χ4v) is 2.97. The number of hydrogen-bond acceptors (Lipinski definition) is 6. The van der Waals surface area contributed by atoms with Gasteiger partial charge in [-0.05, 0) is 0 Å². The molecule has 0 radical (unpaired) electrons. The minimum atomic E-state index is -0.935. The second-order valence-electron chi connectivity index (χ2n) is 3.87. The Morgan fingerprint density at radius 1 is 1.37 bits per heavy atom. The summed E-state index contributed by atoms with van der Waals surface area (Å²) in [6.45, 7) is 1.75. The van der Waals surface area contributed by atoms with Crippen molar-refractivity contribution in [1.82, 2.24) is 9.88 Å². The number of esters is 1. The largest absolute Gasteiger partial charge is 0.465 e. The molecular formula is C10H12ClN3O4S. The summed E-state index contributed by atoms with van der Waals surface area (Å²) in [5, 5.41) is 9.51. The number of anilines is 1. The predicted octanol–water partition coefficient (Wildman–Crippen LogP) is 1.38. The first-order chi connectivity index (χ1) is 9.02. The van der Waals surface area contributed by atoms with Crippen LogP contribution in [-0.2, 0) is 4.74 Å². The van der Waals surface area contributed by atoms with Crippen LogP contribution in [0.5, 0.6) is 0 Å². The molecular weight excluding hydrogens is 294 g/mol. The van der Waals surface area contributed by atoms with Crippen LogP contribution in [0.3, 0.4) is 0 Å². The van der Waals surface area contributed by atoms with Gasteiger partial charge in [0, 0.05) is 26.2 Å². The van der Waals surface area contributed by atoms with Crippen LogP contribution in [0.15, 0.2) is 0 Å². The average Bonchev–Trinajstić information content (AvgIpc) is 2.80. The number of aromatic nitrogens is 1. The van der Waals surface area contributed by atoms with E-state index >= 15 is 0 Å². The minimum absolute atomic E-state index is 0.182. The molecule has 1 N–H and O–H groups in total. The Bertz CT molecular complexity index is 499. The summed E-state index contributed by atoms with van der Waals surface area (Å²) in [7, 11) is 1.28. The molecule has 0 aromatic carbocycles. The highest BCUT2D eigenvalue weighted by molar-refractivity contribution is 7.19. The Morgan fingerprint density at radius 3 is 2.53 bits per heavy atom. The number of hydrogen-bond donors (Lipinski definition) is 1. The molecule has 1 aromatic heterocycles. The quantitative estimate of drug-likeness (QED) is 0.831. The number of carbonyl (C=O) groups is 2. The molecule has 1 saturated heterocycles. The summed E-state index contributed by atoms with van der Waals surface area (Å²) >= 11 is 7.02. The molecule has 0 aliphatic carbocycles. The van der Waals surface area contributed by atoms with Crippen LogP contribution in [-0.4, -0.2) is 60.3 Å². The molecule has 2 heterocycles. The molecule has 1 amide bonds. The van der Waals surface area contributed by atoms with Crippen molar-refractivity contribution < 1.29 is 19.4 Å². The molecule has 104 valence electrons. The number of carboxylic acid groups (broad SMARTS) is 1. The maximum Gasteiger partial charge on any atom is 0.407 e. The Morgan fingerprint density at radius 2 is 2.00 bits per heavy atom. The SMILES string of the molecule is COC(=O)c1nc(Cl)sc1N1CCN(C(=O)O)CC1. The number of halogens is 1. The van der Waals surface area contributed by atoms with Crippen molar-refractivity contribution in [3.05, 3.63) is 10.2 Å². The molecule has 9 heteroatoms. The lowest BCUT2D eigenvalue weighted by atomic mass is 10.3. The van der Waals surface area contributed by atoms with Crippen LogP contribution in [0, 0.1) is 0 Å². The molecule has 19 heavy (non-hydrogen) atoms. The first-order valence-electron chi connectivity index (χ1n) is 5.50. The Balaban J connectivity index is 2.15. The van der Waals surface area contributed by atoms with Gasteiger partial charge in [-0.15, -0.1) is 0 Å². The normalized spacial score (nSPS) is 15.5. The van der Waals surface area contributed by atoms with Gasteiger partial charge >= 0.3 is 12.1 Å². The van der Waals surface area contributed by atoms with Gasteiger partial charge < -0.3 is 19.6 Å². The highest BCUT2D eigenvalue weighted by Crippen LogP contribution is 2.32. The van der Waals surface area contributed by atoms with Crippen LogP contribution in [0.25, 0.3) is 0 Å². The minimum Gasteiger partial charge on any atom is -0.465 e. The zero-order valence-corrected chi connectivity index (χ0v) is 11.7.